The second-order valence-corrected chi connectivity index (χ2v) is 5.97. The van der Waals surface area contributed by atoms with Crippen LogP contribution in [-0.2, 0) is 0 Å². The molecule has 0 aliphatic carbocycles. The van der Waals surface area contributed by atoms with Crippen molar-refractivity contribution in [3.05, 3.63) is 65.6 Å². The summed E-state index contributed by atoms with van der Waals surface area (Å²) < 4.78 is 34.3. The molecule has 0 spiro atoms. The van der Waals surface area contributed by atoms with Crippen LogP contribution in [-0.4, -0.2) is 21.0 Å². The van der Waals surface area contributed by atoms with Crippen molar-refractivity contribution < 1.29 is 13.2 Å². The van der Waals surface area contributed by atoms with Crippen molar-refractivity contribution in [2.24, 2.45) is 0 Å². The first kappa shape index (κ1) is 14.9. The number of hydrogen-bond donors (Lipinski definition) is 1. The van der Waals surface area contributed by atoms with E-state index in [-0.39, 0.29) is 0 Å². The Morgan fingerprint density at radius 1 is 1.25 bits per heavy atom. The molecule has 2 aromatic heterocycles. The van der Waals surface area contributed by atoms with Crippen molar-refractivity contribution in [1.82, 2.24) is 14.8 Å². The number of nitrogens with zero attached hydrogens (tertiary/aromatic N) is 3. The van der Waals surface area contributed by atoms with Crippen LogP contribution in [0.15, 0.2) is 52.2 Å². The van der Waals surface area contributed by atoms with E-state index >= 15 is 0 Å². The van der Waals surface area contributed by atoms with Gasteiger partial charge in [0.25, 0.3) is 0 Å². The van der Waals surface area contributed by atoms with Gasteiger partial charge in [0, 0.05) is 6.07 Å². The third-order valence-corrected chi connectivity index (χ3v) is 4.18. The highest BCUT2D eigenvalue weighted by atomic mass is 32.2. The first-order valence-corrected chi connectivity index (χ1v) is 8.36. The number of hydrogen-bond acceptors (Lipinski definition) is 5. The highest BCUT2D eigenvalue weighted by Gasteiger charge is 2.26. The fourth-order valence-electron chi connectivity index (χ4n) is 2.62. The monoisotopic (exact) mass is 346 g/mol. The van der Waals surface area contributed by atoms with Crippen molar-refractivity contribution in [2.75, 3.05) is 11.6 Å². The molecule has 5 nitrogen and oxygen atoms in total. The zero-order chi connectivity index (χ0) is 16.7. The Kier molecular flexibility index (Phi) is 3.61. The van der Waals surface area contributed by atoms with Crippen LogP contribution in [0.25, 0.3) is 5.70 Å². The molecular formula is C16H12F2N4OS. The van der Waals surface area contributed by atoms with Gasteiger partial charge in [0.15, 0.2) is 0 Å². The molecule has 3 heterocycles. The molecule has 0 bridgehead atoms. The van der Waals surface area contributed by atoms with Crippen LogP contribution in [0.1, 0.15) is 17.4 Å². The number of furan rings is 1. The first-order valence-electron chi connectivity index (χ1n) is 7.13. The maximum Gasteiger partial charge on any atom is 0.227 e. The van der Waals surface area contributed by atoms with Gasteiger partial charge in [-0.2, -0.15) is 4.98 Å². The summed E-state index contributed by atoms with van der Waals surface area (Å²) in [5.74, 6) is -0.175. The SMILES string of the molecule is CSc1nc2n(n1)C(c1cc(F)cc(F)c1)C=C(c1ccco1)N2. The lowest BCUT2D eigenvalue weighted by Gasteiger charge is -2.23. The summed E-state index contributed by atoms with van der Waals surface area (Å²) in [6.45, 7) is 0. The third kappa shape index (κ3) is 2.58. The summed E-state index contributed by atoms with van der Waals surface area (Å²) in [7, 11) is 0. The van der Waals surface area contributed by atoms with Crippen molar-refractivity contribution in [1.29, 1.82) is 0 Å². The lowest BCUT2D eigenvalue weighted by Crippen LogP contribution is -2.20. The summed E-state index contributed by atoms with van der Waals surface area (Å²) in [4.78, 5) is 4.38. The van der Waals surface area contributed by atoms with E-state index in [1.165, 1.54) is 23.9 Å². The Morgan fingerprint density at radius 2 is 2.04 bits per heavy atom. The predicted molar refractivity (Wildman–Crippen MR) is 86.6 cm³/mol. The molecule has 0 radical (unpaired) electrons. The van der Waals surface area contributed by atoms with E-state index in [0.29, 0.717) is 28.1 Å². The van der Waals surface area contributed by atoms with Crippen molar-refractivity contribution >= 4 is 23.4 Å². The minimum absolute atomic E-state index is 0.442. The van der Waals surface area contributed by atoms with Gasteiger partial charge in [-0.1, -0.05) is 11.8 Å². The number of benzene rings is 1. The summed E-state index contributed by atoms with van der Waals surface area (Å²) in [5, 5.41) is 8.09. The van der Waals surface area contributed by atoms with Crippen molar-refractivity contribution in [2.45, 2.75) is 11.2 Å². The first-order chi connectivity index (χ1) is 11.6. The van der Waals surface area contributed by atoms with Crippen LogP contribution in [0.5, 0.6) is 0 Å². The molecule has 24 heavy (non-hydrogen) atoms. The number of allylic oxidation sites excluding steroid dienone is 1. The minimum Gasteiger partial charge on any atom is -0.463 e. The van der Waals surface area contributed by atoms with E-state index in [1.54, 1.807) is 29.2 Å². The van der Waals surface area contributed by atoms with E-state index in [1.807, 2.05) is 6.26 Å². The number of rotatable bonds is 3. The third-order valence-electron chi connectivity index (χ3n) is 3.64. The molecule has 1 aromatic carbocycles. The maximum absolute atomic E-state index is 13.7. The van der Waals surface area contributed by atoms with Crippen LogP contribution in [0, 0.1) is 11.6 Å². The molecule has 1 aliphatic heterocycles. The highest BCUT2D eigenvalue weighted by molar-refractivity contribution is 7.98. The van der Waals surface area contributed by atoms with Crippen LogP contribution in [0.4, 0.5) is 14.7 Å². The van der Waals surface area contributed by atoms with Gasteiger partial charge in [0.1, 0.15) is 23.4 Å². The molecule has 122 valence electrons. The number of halogens is 2. The van der Waals surface area contributed by atoms with Gasteiger partial charge < -0.3 is 9.73 Å². The number of aromatic nitrogens is 3. The van der Waals surface area contributed by atoms with E-state index in [4.69, 9.17) is 4.42 Å². The standard InChI is InChI=1S/C16H12F2N4OS/c1-24-16-20-15-19-12(14-3-2-4-23-14)8-13(22(15)21-16)9-5-10(17)7-11(18)6-9/h2-8,13H,1H3,(H,19,20,21). The van der Waals surface area contributed by atoms with E-state index in [9.17, 15) is 8.78 Å². The quantitative estimate of drug-likeness (QED) is 0.728. The normalized spacial score (nSPS) is 16.5. The second-order valence-electron chi connectivity index (χ2n) is 5.20. The number of anilines is 1. The van der Waals surface area contributed by atoms with E-state index < -0.39 is 17.7 Å². The molecule has 1 aliphatic rings. The summed E-state index contributed by atoms with van der Waals surface area (Å²) >= 11 is 1.39. The topological polar surface area (TPSA) is 55.9 Å². The average molecular weight is 346 g/mol. The fraction of sp³-hybridized carbons (Fsp3) is 0.125. The molecule has 0 saturated heterocycles. The van der Waals surface area contributed by atoms with Gasteiger partial charge in [-0.15, -0.1) is 5.10 Å². The Hall–Kier alpha value is -2.61. The van der Waals surface area contributed by atoms with Crippen LogP contribution < -0.4 is 5.32 Å². The van der Waals surface area contributed by atoms with Gasteiger partial charge >= 0.3 is 0 Å². The maximum atomic E-state index is 13.7. The molecule has 0 fully saturated rings. The molecule has 8 heteroatoms. The second kappa shape index (κ2) is 5.79. The zero-order valence-corrected chi connectivity index (χ0v) is 13.3. The summed E-state index contributed by atoms with van der Waals surface area (Å²) in [6.07, 6.45) is 5.22. The van der Waals surface area contributed by atoms with E-state index in [2.05, 4.69) is 15.4 Å². The fourth-order valence-corrected chi connectivity index (χ4v) is 2.97. The molecule has 1 unspecified atom stereocenters. The van der Waals surface area contributed by atoms with Gasteiger partial charge in [0.05, 0.1) is 12.0 Å². The zero-order valence-electron chi connectivity index (χ0n) is 12.5. The van der Waals surface area contributed by atoms with Gasteiger partial charge in [-0.25, -0.2) is 13.5 Å². The summed E-state index contributed by atoms with van der Waals surface area (Å²) in [6, 6.07) is 6.49. The smallest absolute Gasteiger partial charge is 0.227 e. The Balaban J connectivity index is 1.86. The lowest BCUT2D eigenvalue weighted by atomic mass is 10.0. The Bertz CT molecular complexity index is 900. The lowest BCUT2D eigenvalue weighted by molar-refractivity contribution is 0.543. The summed E-state index contributed by atoms with van der Waals surface area (Å²) in [5.41, 5.74) is 1.11. The largest absolute Gasteiger partial charge is 0.463 e. The molecule has 1 N–H and O–H groups in total. The minimum atomic E-state index is -0.636. The van der Waals surface area contributed by atoms with E-state index in [0.717, 1.165) is 6.07 Å². The molecule has 0 saturated carbocycles. The Morgan fingerprint density at radius 3 is 2.71 bits per heavy atom. The van der Waals surface area contributed by atoms with Crippen molar-refractivity contribution in [3.8, 4) is 0 Å². The highest BCUT2D eigenvalue weighted by Crippen LogP contribution is 2.34. The van der Waals surface area contributed by atoms with Gasteiger partial charge in [-0.05, 0) is 42.2 Å². The van der Waals surface area contributed by atoms with Crippen LogP contribution in [0.3, 0.4) is 0 Å². The van der Waals surface area contributed by atoms with Gasteiger partial charge in [-0.3, -0.25) is 0 Å². The number of thioether (sulfide) groups is 1. The predicted octanol–water partition coefficient (Wildman–Crippen LogP) is 3.93. The molecule has 3 aromatic rings. The average Bonchev–Trinajstić information content (AvgIpc) is 3.21. The van der Waals surface area contributed by atoms with Crippen LogP contribution in [0.2, 0.25) is 0 Å². The van der Waals surface area contributed by atoms with Crippen molar-refractivity contribution in [3.63, 3.8) is 0 Å². The molecule has 1 atom stereocenters. The molecular weight excluding hydrogens is 334 g/mol. The number of fused-ring (bicyclic) bond motifs is 1. The number of nitrogens with one attached hydrogen (secondary N) is 1. The van der Waals surface area contributed by atoms with Crippen LogP contribution >= 0.6 is 11.8 Å². The Labute approximate surface area is 140 Å². The molecule has 4 rings (SSSR count). The van der Waals surface area contributed by atoms with Gasteiger partial charge in [0.2, 0.25) is 11.1 Å². The molecule has 0 amide bonds.